The summed E-state index contributed by atoms with van der Waals surface area (Å²) >= 11 is 0. The zero-order valence-corrected chi connectivity index (χ0v) is 21.8. The van der Waals surface area contributed by atoms with Crippen LogP contribution in [0.15, 0.2) is 48.5 Å². The Bertz CT molecular complexity index is 1340. The largest absolute Gasteiger partial charge is 0.416 e. The van der Waals surface area contributed by atoms with Crippen LogP contribution in [-0.2, 0) is 12.6 Å². The van der Waals surface area contributed by atoms with Crippen LogP contribution in [0.25, 0.3) is 11.1 Å². The highest BCUT2D eigenvalue weighted by Crippen LogP contribution is 2.54. The molecule has 0 bridgehead atoms. The zero-order valence-electron chi connectivity index (χ0n) is 21.8. The van der Waals surface area contributed by atoms with Gasteiger partial charge in [0.15, 0.2) is 0 Å². The normalized spacial score (nSPS) is 21.8. The molecule has 2 fully saturated rings. The fourth-order valence-electron chi connectivity index (χ4n) is 7.36. The molecule has 3 aliphatic carbocycles. The van der Waals surface area contributed by atoms with Gasteiger partial charge in [0.1, 0.15) is 11.9 Å². The zero-order chi connectivity index (χ0) is 27.4. The summed E-state index contributed by atoms with van der Waals surface area (Å²) < 4.78 is 53.8. The first kappa shape index (κ1) is 26.5. The third-order valence-electron chi connectivity index (χ3n) is 9.25. The van der Waals surface area contributed by atoms with Crippen molar-refractivity contribution in [2.45, 2.75) is 88.5 Å². The molecule has 2 atom stereocenters. The van der Waals surface area contributed by atoms with E-state index in [1.165, 1.54) is 24.3 Å². The van der Waals surface area contributed by atoms with Crippen molar-refractivity contribution in [2.75, 3.05) is 0 Å². The molecule has 7 heteroatoms. The lowest BCUT2D eigenvalue weighted by Crippen LogP contribution is -2.31. The van der Waals surface area contributed by atoms with E-state index in [1.54, 1.807) is 12.1 Å². The van der Waals surface area contributed by atoms with E-state index in [0.717, 1.165) is 81.3 Å². The van der Waals surface area contributed by atoms with Crippen molar-refractivity contribution < 1.29 is 27.8 Å². The third-order valence-corrected chi connectivity index (χ3v) is 9.25. The number of hydrogen-bond donors (Lipinski definition) is 2. The Labute approximate surface area is 225 Å². The van der Waals surface area contributed by atoms with E-state index < -0.39 is 29.8 Å². The van der Waals surface area contributed by atoms with Gasteiger partial charge in [-0.15, -0.1) is 0 Å². The number of aliphatic hydroxyl groups excluding tert-OH is 2. The van der Waals surface area contributed by atoms with Crippen LogP contribution in [-0.4, -0.2) is 15.2 Å². The number of aromatic nitrogens is 1. The van der Waals surface area contributed by atoms with Gasteiger partial charge < -0.3 is 10.2 Å². The molecular weight excluding hydrogens is 506 g/mol. The van der Waals surface area contributed by atoms with E-state index >= 15 is 0 Å². The van der Waals surface area contributed by atoms with Gasteiger partial charge >= 0.3 is 6.18 Å². The Kier molecular flexibility index (Phi) is 6.79. The Morgan fingerprint density at radius 2 is 1.54 bits per heavy atom. The molecule has 0 aliphatic heterocycles. The van der Waals surface area contributed by atoms with Gasteiger partial charge in [0.25, 0.3) is 0 Å². The summed E-state index contributed by atoms with van der Waals surface area (Å²) in [7, 11) is 0. The summed E-state index contributed by atoms with van der Waals surface area (Å²) in [4.78, 5) is 5.20. The van der Waals surface area contributed by atoms with Crippen LogP contribution in [0.1, 0.15) is 110 Å². The quantitative estimate of drug-likeness (QED) is 0.329. The van der Waals surface area contributed by atoms with Crippen LogP contribution in [0.5, 0.6) is 0 Å². The smallest absolute Gasteiger partial charge is 0.388 e. The summed E-state index contributed by atoms with van der Waals surface area (Å²) in [6.45, 7) is 0. The fourth-order valence-corrected chi connectivity index (χ4v) is 7.36. The molecule has 1 heterocycles. The molecule has 3 nitrogen and oxygen atoms in total. The minimum absolute atomic E-state index is 0.0139. The maximum absolute atomic E-state index is 14.0. The maximum Gasteiger partial charge on any atom is 0.416 e. The highest BCUT2D eigenvalue weighted by molar-refractivity contribution is 5.75. The lowest BCUT2D eigenvalue weighted by Gasteiger charge is -2.39. The van der Waals surface area contributed by atoms with Gasteiger partial charge in [-0.2, -0.15) is 13.2 Å². The van der Waals surface area contributed by atoms with Gasteiger partial charge in [-0.3, -0.25) is 4.98 Å². The summed E-state index contributed by atoms with van der Waals surface area (Å²) in [5.74, 6) is -0.292. The van der Waals surface area contributed by atoms with Crippen molar-refractivity contribution in [3.63, 3.8) is 0 Å². The van der Waals surface area contributed by atoms with Crippen molar-refractivity contribution in [3.05, 3.63) is 88.0 Å². The first-order chi connectivity index (χ1) is 18.7. The van der Waals surface area contributed by atoms with Crippen LogP contribution in [0, 0.1) is 11.2 Å². The average Bonchev–Trinajstić information content (AvgIpc) is 3.60. The third kappa shape index (κ3) is 4.89. The summed E-state index contributed by atoms with van der Waals surface area (Å²) in [6, 6.07) is 10.6. The van der Waals surface area contributed by atoms with E-state index in [2.05, 4.69) is 0 Å². The van der Waals surface area contributed by atoms with Gasteiger partial charge in [0, 0.05) is 22.7 Å². The first-order valence-electron chi connectivity index (χ1n) is 14.0. The Hall–Kier alpha value is -2.77. The number of rotatable bonds is 4. The van der Waals surface area contributed by atoms with Crippen LogP contribution >= 0.6 is 0 Å². The van der Waals surface area contributed by atoms with E-state index in [0.29, 0.717) is 34.2 Å². The second-order valence-electron chi connectivity index (χ2n) is 11.8. The SMILES string of the molecule is OC1CC2(CCCC2)Cc2nc(C3CCCC3)c(C(O)c3ccc(C(F)(F)F)cc3)c(-c3ccc(F)cc3)c21. The molecule has 3 aliphatic rings. The number of alkyl halides is 3. The summed E-state index contributed by atoms with van der Waals surface area (Å²) in [5, 5.41) is 23.5. The van der Waals surface area contributed by atoms with Crippen molar-refractivity contribution in [3.8, 4) is 11.1 Å². The van der Waals surface area contributed by atoms with E-state index in [-0.39, 0.29) is 11.3 Å². The minimum atomic E-state index is -4.48. The molecule has 2 N–H and O–H groups in total. The number of benzene rings is 2. The van der Waals surface area contributed by atoms with Crippen LogP contribution in [0.4, 0.5) is 17.6 Å². The summed E-state index contributed by atoms with van der Waals surface area (Å²) in [6.07, 6.45) is 3.09. The molecule has 1 spiro atoms. The fraction of sp³-hybridized carbons (Fsp3) is 0.469. The van der Waals surface area contributed by atoms with Crippen LogP contribution in [0.3, 0.4) is 0 Å². The lowest BCUT2D eigenvalue weighted by atomic mass is 9.68. The highest BCUT2D eigenvalue weighted by atomic mass is 19.4. The van der Waals surface area contributed by atoms with Gasteiger partial charge in [-0.05, 0) is 84.9 Å². The number of hydrogen-bond acceptors (Lipinski definition) is 3. The Balaban J connectivity index is 1.58. The van der Waals surface area contributed by atoms with Gasteiger partial charge in [0.2, 0.25) is 0 Å². The van der Waals surface area contributed by atoms with Crippen LogP contribution < -0.4 is 0 Å². The van der Waals surface area contributed by atoms with Gasteiger partial charge in [-0.25, -0.2) is 4.39 Å². The van der Waals surface area contributed by atoms with E-state index in [1.807, 2.05) is 0 Å². The number of halogens is 4. The molecule has 1 aromatic heterocycles. The van der Waals surface area contributed by atoms with Crippen molar-refractivity contribution in [1.82, 2.24) is 4.98 Å². The van der Waals surface area contributed by atoms with Crippen molar-refractivity contribution >= 4 is 0 Å². The van der Waals surface area contributed by atoms with E-state index in [9.17, 15) is 27.8 Å². The average molecular weight is 540 g/mol. The molecule has 206 valence electrons. The van der Waals surface area contributed by atoms with Gasteiger partial charge in [-0.1, -0.05) is 49.9 Å². The Morgan fingerprint density at radius 1 is 0.897 bits per heavy atom. The molecule has 39 heavy (non-hydrogen) atoms. The lowest BCUT2D eigenvalue weighted by molar-refractivity contribution is -0.137. The van der Waals surface area contributed by atoms with Crippen LogP contribution in [0.2, 0.25) is 0 Å². The minimum Gasteiger partial charge on any atom is -0.388 e. The molecule has 2 aromatic carbocycles. The first-order valence-corrected chi connectivity index (χ1v) is 14.0. The Morgan fingerprint density at radius 3 is 2.15 bits per heavy atom. The number of pyridine rings is 1. The van der Waals surface area contributed by atoms with Crippen molar-refractivity contribution in [2.24, 2.45) is 5.41 Å². The second-order valence-corrected chi connectivity index (χ2v) is 11.8. The molecule has 3 aromatic rings. The predicted molar refractivity (Wildman–Crippen MR) is 141 cm³/mol. The summed E-state index contributed by atoms with van der Waals surface area (Å²) in [5.41, 5.74) is 3.67. The van der Waals surface area contributed by atoms with E-state index in [4.69, 9.17) is 4.98 Å². The monoisotopic (exact) mass is 539 g/mol. The molecule has 0 radical (unpaired) electrons. The molecule has 6 rings (SSSR count). The number of nitrogens with zero attached hydrogens (tertiary/aromatic N) is 1. The molecule has 0 saturated heterocycles. The topological polar surface area (TPSA) is 53.4 Å². The van der Waals surface area contributed by atoms with Gasteiger partial charge in [0.05, 0.1) is 17.4 Å². The maximum atomic E-state index is 14.0. The number of aliphatic hydroxyl groups is 2. The number of fused-ring (bicyclic) bond motifs is 1. The van der Waals surface area contributed by atoms with Crippen molar-refractivity contribution in [1.29, 1.82) is 0 Å². The predicted octanol–water partition coefficient (Wildman–Crippen LogP) is 8.19. The highest BCUT2D eigenvalue weighted by Gasteiger charge is 2.44. The molecule has 0 amide bonds. The standard InChI is InChI=1S/C32H33F4NO2/c33-23-13-9-19(10-14-23)26-27-24(17-31(18-25(27)38)15-3-4-16-31)37-29(20-5-1-2-6-20)28(26)30(39)21-7-11-22(12-8-21)32(34,35)36/h7-14,20,25,30,38-39H,1-6,15-18H2. The molecule has 2 unspecified atom stereocenters. The molecular formula is C32H33F4NO2. The second kappa shape index (κ2) is 10.0. The molecule has 2 saturated carbocycles.